The van der Waals surface area contributed by atoms with E-state index in [0.717, 1.165) is 17.4 Å². The van der Waals surface area contributed by atoms with Crippen LogP contribution in [0, 0.1) is 10.1 Å². The minimum atomic E-state index is -4.17. The molecular weight excluding hydrogens is 448 g/mol. The summed E-state index contributed by atoms with van der Waals surface area (Å²) < 4.78 is 38.9. The Morgan fingerprint density at radius 1 is 1.03 bits per heavy atom. The first-order valence-electron chi connectivity index (χ1n) is 9.79. The maximum atomic E-state index is 13.0. The van der Waals surface area contributed by atoms with Crippen LogP contribution in [-0.2, 0) is 10.0 Å². The molecule has 3 aromatic rings. The van der Waals surface area contributed by atoms with Crippen molar-refractivity contribution in [2.75, 3.05) is 23.9 Å². The zero-order valence-corrected chi connectivity index (χ0v) is 18.7. The van der Waals surface area contributed by atoms with Gasteiger partial charge in [-0.25, -0.2) is 8.42 Å². The van der Waals surface area contributed by atoms with E-state index in [4.69, 9.17) is 9.47 Å². The van der Waals surface area contributed by atoms with Crippen LogP contribution in [0.4, 0.5) is 17.1 Å². The highest BCUT2D eigenvalue weighted by molar-refractivity contribution is 7.92. The molecule has 0 aliphatic heterocycles. The minimum Gasteiger partial charge on any atom is -0.497 e. The maximum Gasteiger partial charge on any atom is 0.270 e. The molecule has 0 heterocycles. The van der Waals surface area contributed by atoms with Crippen LogP contribution in [0.15, 0.2) is 76.7 Å². The van der Waals surface area contributed by atoms with E-state index in [0.29, 0.717) is 12.4 Å². The molecule has 3 rings (SSSR count). The lowest BCUT2D eigenvalue weighted by Gasteiger charge is -2.12. The Kier molecular flexibility index (Phi) is 7.46. The molecular formula is C22H22N4O6S. The highest BCUT2D eigenvalue weighted by Gasteiger charge is 2.22. The van der Waals surface area contributed by atoms with Crippen molar-refractivity contribution in [2.24, 2.45) is 5.10 Å². The monoisotopic (exact) mass is 470 g/mol. The topological polar surface area (TPSA) is 132 Å². The van der Waals surface area contributed by atoms with Gasteiger partial charge in [0.05, 0.1) is 30.5 Å². The van der Waals surface area contributed by atoms with Crippen molar-refractivity contribution >= 4 is 33.3 Å². The Hall–Kier alpha value is -4.12. The third-order valence-corrected chi connectivity index (χ3v) is 5.82. The molecule has 11 heteroatoms. The number of nitrogens with zero attached hydrogens (tertiary/aromatic N) is 2. The summed E-state index contributed by atoms with van der Waals surface area (Å²) in [5.74, 6) is 1.27. The molecule has 0 aliphatic carbocycles. The number of nitrogens with one attached hydrogen (secondary N) is 2. The molecule has 172 valence electrons. The number of hydrazone groups is 1. The molecule has 0 bridgehead atoms. The van der Waals surface area contributed by atoms with Gasteiger partial charge < -0.3 is 9.47 Å². The third kappa shape index (κ3) is 6.20. The van der Waals surface area contributed by atoms with E-state index in [1.807, 2.05) is 6.92 Å². The zero-order chi connectivity index (χ0) is 23.8. The quantitative estimate of drug-likeness (QED) is 0.257. The Labute approximate surface area is 191 Å². The Bertz CT molecular complexity index is 1240. The highest BCUT2D eigenvalue weighted by Crippen LogP contribution is 2.29. The number of nitro benzene ring substituents is 1. The summed E-state index contributed by atoms with van der Waals surface area (Å²) in [6.07, 6.45) is 1.49. The van der Waals surface area contributed by atoms with Gasteiger partial charge in [0, 0.05) is 17.8 Å². The smallest absolute Gasteiger partial charge is 0.270 e. The number of hydrogen-bond donors (Lipinski definition) is 2. The van der Waals surface area contributed by atoms with Crippen molar-refractivity contribution in [1.82, 2.24) is 0 Å². The van der Waals surface area contributed by atoms with Crippen molar-refractivity contribution in [3.8, 4) is 11.5 Å². The summed E-state index contributed by atoms with van der Waals surface area (Å²) >= 11 is 0. The molecule has 0 fully saturated rings. The second kappa shape index (κ2) is 10.5. The second-order valence-corrected chi connectivity index (χ2v) is 8.29. The summed E-state index contributed by atoms with van der Waals surface area (Å²) in [5.41, 5.74) is 3.37. The fourth-order valence-electron chi connectivity index (χ4n) is 2.80. The Morgan fingerprint density at radius 3 is 2.30 bits per heavy atom. The first-order valence-corrected chi connectivity index (χ1v) is 11.3. The standard InChI is InChI=1S/C22H22N4O6S/c1-3-32-20-9-4-16(5-10-20)15-23-24-21-13-8-18(26(27)28)14-22(21)33(29,30)25-17-6-11-19(31-2)12-7-17/h4-15,24-25H,3H2,1-2H3. The number of benzene rings is 3. The number of hydrogen-bond acceptors (Lipinski definition) is 8. The molecule has 33 heavy (non-hydrogen) atoms. The van der Waals surface area contributed by atoms with E-state index >= 15 is 0 Å². The molecule has 0 aliphatic rings. The van der Waals surface area contributed by atoms with Crippen LogP contribution in [0.3, 0.4) is 0 Å². The molecule has 0 radical (unpaired) electrons. The first-order chi connectivity index (χ1) is 15.8. The summed E-state index contributed by atoms with van der Waals surface area (Å²) in [5, 5.41) is 15.3. The molecule has 2 N–H and O–H groups in total. The van der Waals surface area contributed by atoms with Crippen LogP contribution < -0.4 is 19.6 Å². The van der Waals surface area contributed by atoms with Crippen LogP contribution in [0.5, 0.6) is 11.5 Å². The minimum absolute atomic E-state index is 0.0730. The van der Waals surface area contributed by atoms with Crippen molar-refractivity contribution in [2.45, 2.75) is 11.8 Å². The molecule has 10 nitrogen and oxygen atoms in total. The van der Waals surface area contributed by atoms with Gasteiger partial charge >= 0.3 is 0 Å². The van der Waals surface area contributed by atoms with Crippen LogP contribution in [-0.4, -0.2) is 33.3 Å². The summed E-state index contributed by atoms with van der Waals surface area (Å²) in [7, 11) is -2.68. The van der Waals surface area contributed by atoms with E-state index in [1.165, 1.54) is 37.6 Å². The van der Waals surface area contributed by atoms with Crippen LogP contribution in [0.2, 0.25) is 0 Å². The van der Waals surface area contributed by atoms with Gasteiger partial charge in [-0.2, -0.15) is 5.10 Å². The molecule has 0 amide bonds. The van der Waals surface area contributed by atoms with E-state index in [2.05, 4.69) is 15.2 Å². The van der Waals surface area contributed by atoms with Gasteiger partial charge in [0.2, 0.25) is 0 Å². The molecule has 0 atom stereocenters. The number of nitro groups is 1. The average molecular weight is 471 g/mol. The number of anilines is 2. The third-order valence-electron chi connectivity index (χ3n) is 4.40. The average Bonchev–Trinajstić information content (AvgIpc) is 2.80. The van der Waals surface area contributed by atoms with Gasteiger partial charge in [-0.15, -0.1) is 0 Å². The van der Waals surface area contributed by atoms with Crippen molar-refractivity contribution in [3.63, 3.8) is 0 Å². The van der Waals surface area contributed by atoms with Crippen molar-refractivity contribution in [1.29, 1.82) is 0 Å². The summed E-state index contributed by atoms with van der Waals surface area (Å²) in [6.45, 7) is 2.44. The fourth-order valence-corrected chi connectivity index (χ4v) is 4.04. The second-order valence-electron chi connectivity index (χ2n) is 6.64. The van der Waals surface area contributed by atoms with Crippen LogP contribution >= 0.6 is 0 Å². The highest BCUT2D eigenvalue weighted by atomic mass is 32.2. The number of methoxy groups -OCH3 is 1. The molecule has 3 aromatic carbocycles. The predicted octanol–water partition coefficient (Wildman–Crippen LogP) is 4.25. The zero-order valence-electron chi connectivity index (χ0n) is 17.9. The van der Waals surface area contributed by atoms with E-state index < -0.39 is 14.9 Å². The van der Waals surface area contributed by atoms with Gasteiger partial charge in [-0.3, -0.25) is 20.3 Å². The summed E-state index contributed by atoms with van der Waals surface area (Å²) in [6, 6.07) is 16.8. The van der Waals surface area contributed by atoms with Gasteiger partial charge in [0.25, 0.3) is 15.7 Å². The largest absolute Gasteiger partial charge is 0.497 e. The predicted molar refractivity (Wildman–Crippen MR) is 126 cm³/mol. The number of rotatable bonds is 10. The lowest BCUT2D eigenvalue weighted by molar-refractivity contribution is -0.385. The van der Waals surface area contributed by atoms with Crippen LogP contribution in [0.1, 0.15) is 12.5 Å². The van der Waals surface area contributed by atoms with Crippen molar-refractivity contribution < 1.29 is 22.8 Å². The SMILES string of the molecule is CCOc1ccc(C=NNc2ccc([N+](=O)[O-])cc2S(=O)(=O)Nc2ccc(OC)cc2)cc1. The number of ether oxygens (including phenoxy) is 2. The normalized spacial score (nSPS) is 11.2. The van der Waals surface area contributed by atoms with Gasteiger partial charge in [0.15, 0.2) is 0 Å². The van der Waals surface area contributed by atoms with Gasteiger partial charge in [-0.05, 0) is 67.1 Å². The molecule has 0 spiro atoms. The number of non-ortho nitro benzene ring substituents is 1. The molecule has 0 aromatic heterocycles. The van der Waals surface area contributed by atoms with Crippen LogP contribution in [0.25, 0.3) is 0 Å². The first kappa shape index (κ1) is 23.5. The molecule has 0 unspecified atom stereocenters. The maximum absolute atomic E-state index is 13.0. The molecule has 0 saturated carbocycles. The Balaban J connectivity index is 1.86. The van der Waals surface area contributed by atoms with E-state index in [1.54, 1.807) is 36.4 Å². The molecule has 0 saturated heterocycles. The lowest BCUT2D eigenvalue weighted by atomic mass is 10.2. The van der Waals surface area contributed by atoms with Gasteiger partial charge in [-0.1, -0.05) is 0 Å². The number of sulfonamides is 1. The Morgan fingerprint density at radius 2 is 1.70 bits per heavy atom. The van der Waals surface area contributed by atoms with Crippen molar-refractivity contribution in [3.05, 3.63) is 82.4 Å². The van der Waals surface area contributed by atoms with E-state index in [9.17, 15) is 18.5 Å². The summed E-state index contributed by atoms with van der Waals surface area (Å²) in [4.78, 5) is 10.2. The lowest BCUT2D eigenvalue weighted by Crippen LogP contribution is -2.15. The fraction of sp³-hybridized carbons (Fsp3) is 0.136. The van der Waals surface area contributed by atoms with Gasteiger partial charge in [0.1, 0.15) is 16.4 Å². The van der Waals surface area contributed by atoms with E-state index in [-0.39, 0.29) is 22.0 Å².